The maximum atomic E-state index is 8.39. The third-order valence-electron chi connectivity index (χ3n) is 1.47. The van der Waals surface area contributed by atoms with Gasteiger partial charge in [0, 0.05) is 12.4 Å². The van der Waals surface area contributed by atoms with Crippen LogP contribution >= 0.6 is 11.3 Å². The SMILES string of the molecule is O[B]Oc1cc2ccncc2s1. The highest BCUT2D eigenvalue weighted by molar-refractivity contribution is 7.20. The van der Waals surface area contributed by atoms with E-state index in [9.17, 15) is 0 Å². The van der Waals surface area contributed by atoms with Crippen molar-refractivity contribution in [3.8, 4) is 5.06 Å². The number of pyridine rings is 1. The van der Waals surface area contributed by atoms with Crippen molar-refractivity contribution in [1.29, 1.82) is 0 Å². The van der Waals surface area contributed by atoms with E-state index in [2.05, 4.69) is 4.98 Å². The Labute approximate surface area is 73.9 Å². The monoisotopic (exact) mass is 178 g/mol. The fraction of sp³-hybridized carbons (Fsp3) is 0. The van der Waals surface area contributed by atoms with Crippen molar-refractivity contribution >= 4 is 29.1 Å². The quantitative estimate of drug-likeness (QED) is 0.702. The molecule has 0 aliphatic heterocycles. The normalized spacial score (nSPS) is 10.1. The van der Waals surface area contributed by atoms with Crippen molar-refractivity contribution in [2.45, 2.75) is 0 Å². The van der Waals surface area contributed by atoms with E-state index >= 15 is 0 Å². The van der Waals surface area contributed by atoms with Gasteiger partial charge >= 0.3 is 7.69 Å². The molecule has 0 unspecified atom stereocenters. The zero-order valence-electron chi connectivity index (χ0n) is 6.10. The number of rotatable bonds is 2. The Balaban J connectivity index is 2.47. The van der Waals surface area contributed by atoms with Crippen molar-refractivity contribution in [3.63, 3.8) is 0 Å². The Hall–Kier alpha value is -1.07. The lowest BCUT2D eigenvalue weighted by molar-refractivity contribution is 0.461. The van der Waals surface area contributed by atoms with Crippen LogP contribution in [0.2, 0.25) is 0 Å². The summed E-state index contributed by atoms with van der Waals surface area (Å²) in [4.78, 5) is 3.97. The predicted molar refractivity (Wildman–Crippen MR) is 48.2 cm³/mol. The van der Waals surface area contributed by atoms with E-state index in [1.165, 1.54) is 11.3 Å². The first-order valence-electron chi connectivity index (χ1n) is 3.36. The first-order chi connectivity index (χ1) is 5.90. The lowest BCUT2D eigenvalue weighted by atomic mass is 10.3. The van der Waals surface area contributed by atoms with E-state index in [0.717, 1.165) is 10.1 Å². The summed E-state index contributed by atoms with van der Waals surface area (Å²) in [6, 6.07) is 3.75. The highest BCUT2D eigenvalue weighted by atomic mass is 32.1. The second kappa shape index (κ2) is 3.12. The molecule has 0 amide bonds. The number of aromatic nitrogens is 1. The summed E-state index contributed by atoms with van der Waals surface area (Å²) in [6.07, 6.45) is 3.49. The molecule has 0 aliphatic rings. The molecule has 0 fully saturated rings. The Morgan fingerprint density at radius 2 is 2.50 bits per heavy atom. The Morgan fingerprint density at radius 3 is 3.25 bits per heavy atom. The van der Waals surface area contributed by atoms with Gasteiger partial charge in [0.15, 0.2) is 5.06 Å². The van der Waals surface area contributed by atoms with Gasteiger partial charge in [-0.2, -0.15) is 0 Å². The standard InChI is InChI=1S/C7H5BNO2S/c10-8-11-7-3-5-1-2-9-4-6(5)12-7/h1-4,10H. The topological polar surface area (TPSA) is 42.4 Å². The van der Waals surface area contributed by atoms with Gasteiger partial charge in [-0.1, -0.05) is 11.3 Å². The lowest BCUT2D eigenvalue weighted by Gasteiger charge is -1.91. The van der Waals surface area contributed by atoms with Crippen LogP contribution in [0.25, 0.3) is 10.1 Å². The largest absolute Gasteiger partial charge is 0.569 e. The molecule has 2 rings (SSSR count). The molecule has 0 bridgehead atoms. The Kier molecular flexibility index (Phi) is 1.97. The number of hydrogen-bond acceptors (Lipinski definition) is 4. The molecule has 5 heteroatoms. The van der Waals surface area contributed by atoms with E-state index in [1.54, 1.807) is 12.4 Å². The number of hydrogen-bond donors (Lipinski definition) is 1. The zero-order chi connectivity index (χ0) is 8.39. The maximum Gasteiger partial charge on any atom is 0.569 e. The van der Waals surface area contributed by atoms with Crippen molar-refractivity contribution < 1.29 is 9.68 Å². The summed E-state index contributed by atoms with van der Waals surface area (Å²) in [5, 5.41) is 10.1. The van der Waals surface area contributed by atoms with E-state index in [-0.39, 0.29) is 0 Å². The number of fused-ring (bicyclic) bond motifs is 1. The molecule has 0 aliphatic carbocycles. The van der Waals surface area contributed by atoms with Crippen LogP contribution in [0.1, 0.15) is 0 Å². The molecule has 2 heterocycles. The molecule has 2 aromatic heterocycles. The number of thiophene rings is 1. The van der Waals surface area contributed by atoms with Crippen LogP contribution in [-0.4, -0.2) is 17.7 Å². The van der Waals surface area contributed by atoms with Gasteiger partial charge in [0.05, 0.1) is 4.70 Å². The minimum absolute atomic E-state index is 0.667. The molecule has 0 saturated carbocycles. The second-order valence-corrected chi connectivity index (χ2v) is 3.25. The third-order valence-corrected chi connectivity index (χ3v) is 2.45. The molecular formula is C7H5BNO2S. The first kappa shape index (κ1) is 7.58. The van der Waals surface area contributed by atoms with Crippen molar-refractivity contribution in [3.05, 3.63) is 24.5 Å². The van der Waals surface area contributed by atoms with Crippen LogP contribution in [-0.2, 0) is 0 Å². The molecule has 3 nitrogen and oxygen atoms in total. The van der Waals surface area contributed by atoms with Gasteiger partial charge in [0.25, 0.3) is 0 Å². The van der Waals surface area contributed by atoms with Gasteiger partial charge in [-0.05, 0) is 17.5 Å². The minimum Gasteiger partial charge on any atom is -0.530 e. The van der Waals surface area contributed by atoms with Crippen LogP contribution in [0.5, 0.6) is 5.06 Å². The van der Waals surface area contributed by atoms with Gasteiger partial charge in [0.1, 0.15) is 0 Å². The smallest absolute Gasteiger partial charge is 0.530 e. The molecule has 0 aromatic carbocycles. The van der Waals surface area contributed by atoms with Crippen LogP contribution in [0.3, 0.4) is 0 Å². The van der Waals surface area contributed by atoms with Crippen molar-refractivity contribution in [2.75, 3.05) is 0 Å². The molecule has 0 spiro atoms. The van der Waals surface area contributed by atoms with Gasteiger partial charge in [0.2, 0.25) is 0 Å². The molecule has 2 aromatic rings. The second-order valence-electron chi connectivity index (χ2n) is 2.20. The van der Waals surface area contributed by atoms with Gasteiger partial charge in [-0.15, -0.1) is 0 Å². The molecule has 59 valence electrons. The van der Waals surface area contributed by atoms with Crippen LogP contribution in [0, 0.1) is 0 Å². The van der Waals surface area contributed by atoms with Gasteiger partial charge in [-0.25, -0.2) is 0 Å². The fourth-order valence-electron chi connectivity index (χ4n) is 0.970. The molecule has 0 atom stereocenters. The summed E-state index contributed by atoms with van der Waals surface area (Å²) < 4.78 is 5.86. The van der Waals surface area contributed by atoms with Gasteiger partial charge in [-0.3, -0.25) is 4.98 Å². The highest BCUT2D eigenvalue weighted by Gasteiger charge is 2.01. The van der Waals surface area contributed by atoms with Crippen LogP contribution < -0.4 is 4.65 Å². The van der Waals surface area contributed by atoms with Crippen LogP contribution in [0.4, 0.5) is 0 Å². The zero-order valence-corrected chi connectivity index (χ0v) is 6.91. The molecular weight excluding hydrogens is 173 g/mol. The van der Waals surface area contributed by atoms with Crippen molar-refractivity contribution in [2.24, 2.45) is 0 Å². The maximum absolute atomic E-state index is 8.39. The van der Waals surface area contributed by atoms with E-state index in [0.29, 0.717) is 12.7 Å². The average molecular weight is 178 g/mol. The Bertz CT molecular complexity index is 357. The third kappa shape index (κ3) is 1.28. The van der Waals surface area contributed by atoms with Crippen molar-refractivity contribution in [1.82, 2.24) is 4.98 Å². The molecule has 12 heavy (non-hydrogen) atoms. The van der Waals surface area contributed by atoms with E-state index in [4.69, 9.17) is 9.68 Å². The molecule has 1 N–H and O–H groups in total. The summed E-state index contributed by atoms with van der Waals surface area (Å²) in [5.74, 6) is 0. The Morgan fingerprint density at radius 1 is 1.58 bits per heavy atom. The highest BCUT2D eigenvalue weighted by Crippen LogP contribution is 2.30. The fourth-order valence-corrected chi connectivity index (χ4v) is 1.82. The number of nitrogens with zero attached hydrogens (tertiary/aromatic N) is 1. The lowest BCUT2D eigenvalue weighted by Crippen LogP contribution is -1.97. The van der Waals surface area contributed by atoms with Crippen LogP contribution in [0.15, 0.2) is 24.5 Å². The van der Waals surface area contributed by atoms with E-state index < -0.39 is 0 Å². The molecule has 1 radical (unpaired) electrons. The summed E-state index contributed by atoms with van der Waals surface area (Å²) >= 11 is 1.45. The summed E-state index contributed by atoms with van der Waals surface area (Å²) in [5.41, 5.74) is 0. The molecule has 0 saturated heterocycles. The van der Waals surface area contributed by atoms with Gasteiger partial charge < -0.3 is 9.68 Å². The summed E-state index contributed by atoms with van der Waals surface area (Å²) in [6.45, 7) is 0. The average Bonchev–Trinajstić information content (AvgIpc) is 2.47. The predicted octanol–water partition coefficient (Wildman–Crippen LogP) is 1.20. The first-order valence-corrected chi connectivity index (χ1v) is 4.18. The summed E-state index contributed by atoms with van der Waals surface area (Å²) in [7, 11) is 0.679. The van der Waals surface area contributed by atoms with E-state index in [1.807, 2.05) is 12.1 Å². The minimum atomic E-state index is 0.667.